The van der Waals surface area contributed by atoms with Gasteiger partial charge in [-0.25, -0.2) is 4.98 Å². The zero-order valence-electron chi connectivity index (χ0n) is 17.2. The SMILES string of the molecule is COc1cc2nc(N3CCN(C(=O)C4CCCO4)CC3)nc(N)c2cc1OC.O.O. The lowest BCUT2D eigenvalue weighted by Crippen LogP contribution is -2.51. The molecule has 0 aliphatic carbocycles. The van der Waals surface area contributed by atoms with Crippen molar-refractivity contribution >= 4 is 28.6 Å². The number of hydrogen-bond donors (Lipinski definition) is 1. The number of hydrogen-bond acceptors (Lipinski definition) is 8. The lowest BCUT2D eigenvalue weighted by molar-refractivity contribution is -0.141. The van der Waals surface area contributed by atoms with Crippen LogP contribution in [-0.2, 0) is 9.53 Å². The molecule has 1 aromatic heterocycles. The Balaban J connectivity index is 0.00000160. The number of nitrogens with zero attached hydrogens (tertiary/aromatic N) is 4. The second kappa shape index (κ2) is 9.74. The average molecular weight is 423 g/mol. The monoisotopic (exact) mass is 423 g/mol. The topological polar surface area (TPSA) is 166 Å². The molecule has 166 valence electrons. The molecule has 2 aliphatic rings. The van der Waals surface area contributed by atoms with Gasteiger partial charge in [-0.2, -0.15) is 4.98 Å². The van der Waals surface area contributed by atoms with E-state index in [0.29, 0.717) is 67.0 Å². The Hall–Kier alpha value is -2.89. The minimum atomic E-state index is -0.276. The molecule has 1 amide bonds. The van der Waals surface area contributed by atoms with Gasteiger partial charge < -0.3 is 40.7 Å². The zero-order chi connectivity index (χ0) is 19.7. The number of carbonyl (C=O) groups is 1. The van der Waals surface area contributed by atoms with E-state index in [1.54, 1.807) is 26.4 Å². The molecule has 0 spiro atoms. The number of ether oxygens (including phenoxy) is 3. The summed E-state index contributed by atoms with van der Waals surface area (Å²) >= 11 is 0. The third-order valence-electron chi connectivity index (χ3n) is 5.30. The molecule has 4 rings (SSSR count). The van der Waals surface area contributed by atoms with E-state index in [1.165, 1.54) is 0 Å². The number of rotatable bonds is 4. The zero-order valence-corrected chi connectivity index (χ0v) is 17.2. The van der Waals surface area contributed by atoms with Crippen molar-refractivity contribution in [2.75, 3.05) is 57.6 Å². The van der Waals surface area contributed by atoms with E-state index in [1.807, 2.05) is 9.80 Å². The number of carbonyl (C=O) groups excluding carboxylic acids is 1. The molecule has 6 N–H and O–H groups in total. The fourth-order valence-electron chi connectivity index (χ4n) is 3.71. The van der Waals surface area contributed by atoms with Crippen LogP contribution in [0.1, 0.15) is 12.8 Å². The van der Waals surface area contributed by atoms with Gasteiger partial charge in [-0.05, 0) is 18.9 Å². The molecule has 2 saturated heterocycles. The summed E-state index contributed by atoms with van der Waals surface area (Å²) in [7, 11) is 3.16. The maximum Gasteiger partial charge on any atom is 0.251 e. The van der Waals surface area contributed by atoms with E-state index in [0.717, 1.165) is 12.8 Å². The van der Waals surface area contributed by atoms with Crippen molar-refractivity contribution in [2.45, 2.75) is 18.9 Å². The second-order valence-electron chi connectivity index (χ2n) is 6.95. The van der Waals surface area contributed by atoms with E-state index in [9.17, 15) is 4.79 Å². The maximum absolute atomic E-state index is 12.5. The van der Waals surface area contributed by atoms with E-state index < -0.39 is 0 Å². The van der Waals surface area contributed by atoms with E-state index in [-0.39, 0.29) is 23.0 Å². The summed E-state index contributed by atoms with van der Waals surface area (Å²) in [4.78, 5) is 25.6. The summed E-state index contributed by atoms with van der Waals surface area (Å²) in [5, 5.41) is 0.716. The summed E-state index contributed by atoms with van der Waals surface area (Å²) < 4.78 is 16.2. The number of piperazine rings is 1. The molecule has 1 unspecified atom stereocenters. The smallest absolute Gasteiger partial charge is 0.251 e. The van der Waals surface area contributed by atoms with E-state index in [4.69, 9.17) is 19.9 Å². The lowest BCUT2D eigenvalue weighted by atomic mass is 10.2. The minimum Gasteiger partial charge on any atom is -0.493 e. The summed E-state index contributed by atoms with van der Waals surface area (Å²) in [6.45, 7) is 3.21. The molecule has 0 saturated carbocycles. The van der Waals surface area contributed by atoms with Crippen LogP contribution >= 0.6 is 0 Å². The van der Waals surface area contributed by atoms with Crippen molar-refractivity contribution in [3.05, 3.63) is 12.1 Å². The Bertz CT molecular complexity index is 881. The van der Waals surface area contributed by atoms with Crippen molar-refractivity contribution in [2.24, 2.45) is 0 Å². The molecule has 0 bridgehead atoms. The van der Waals surface area contributed by atoms with Gasteiger partial charge in [0.2, 0.25) is 5.95 Å². The Kier molecular flexibility index (Phi) is 7.59. The normalized spacial score (nSPS) is 18.5. The molecule has 2 aromatic rings. The van der Waals surface area contributed by atoms with Crippen molar-refractivity contribution in [1.29, 1.82) is 0 Å². The summed E-state index contributed by atoms with van der Waals surface area (Å²) in [5.74, 6) is 2.21. The van der Waals surface area contributed by atoms with Gasteiger partial charge in [0.15, 0.2) is 11.5 Å². The van der Waals surface area contributed by atoms with E-state index >= 15 is 0 Å². The molecule has 1 aromatic carbocycles. The van der Waals surface area contributed by atoms with Gasteiger partial charge in [0.25, 0.3) is 5.91 Å². The quantitative estimate of drug-likeness (QED) is 0.681. The van der Waals surface area contributed by atoms with Crippen LogP contribution in [0.2, 0.25) is 0 Å². The predicted molar refractivity (Wildman–Crippen MR) is 112 cm³/mol. The Morgan fingerprint density at radius 1 is 1.10 bits per heavy atom. The Labute approximate surface area is 174 Å². The highest BCUT2D eigenvalue weighted by molar-refractivity contribution is 5.91. The maximum atomic E-state index is 12.5. The molecule has 2 fully saturated rings. The first-order chi connectivity index (χ1) is 13.6. The van der Waals surface area contributed by atoms with Crippen LogP contribution in [0, 0.1) is 0 Å². The number of aromatic nitrogens is 2. The molecular weight excluding hydrogens is 394 g/mol. The van der Waals surface area contributed by atoms with Crippen molar-refractivity contribution in [1.82, 2.24) is 14.9 Å². The lowest BCUT2D eigenvalue weighted by Gasteiger charge is -2.35. The molecule has 0 radical (unpaired) electrons. The van der Waals surface area contributed by atoms with Gasteiger partial charge in [0.05, 0.1) is 19.7 Å². The number of amides is 1. The third kappa shape index (κ3) is 4.32. The Morgan fingerprint density at radius 2 is 1.77 bits per heavy atom. The average Bonchev–Trinajstić information content (AvgIpc) is 3.27. The molecule has 30 heavy (non-hydrogen) atoms. The van der Waals surface area contributed by atoms with Gasteiger partial charge in [0.1, 0.15) is 11.9 Å². The fourth-order valence-corrected chi connectivity index (χ4v) is 3.71. The van der Waals surface area contributed by atoms with E-state index in [2.05, 4.69) is 9.97 Å². The largest absolute Gasteiger partial charge is 0.493 e. The molecule has 3 heterocycles. The number of benzene rings is 1. The molecule has 2 aliphatic heterocycles. The minimum absolute atomic E-state index is 0. The summed E-state index contributed by atoms with van der Waals surface area (Å²) in [6, 6.07) is 3.58. The van der Waals surface area contributed by atoms with Crippen molar-refractivity contribution in [3.8, 4) is 11.5 Å². The second-order valence-corrected chi connectivity index (χ2v) is 6.95. The van der Waals surface area contributed by atoms with Gasteiger partial charge in [-0.1, -0.05) is 0 Å². The van der Waals surface area contributed by atoms with Crippen molar-refractivity contribution < 1.29 is 30.0 Å². The highest BCUT2D eigenvalue weighted by Gasteiger charge is 2.31. The van der Waals surface area contributed by atoms with Crippen LogP contribution in [0.25, 0.3) is 10.9 Å². The number of nitrogen functional groups attached to an aromatic ring is 1. The highest BCUT2D eigenvalue weighted by Crippen LogP contribution is 2.34. The fraction of sp³-hybridized carbons (Fsp3) is 0.526. The van der Waals surface area contributed by atoms with Crippen LogP contribution in [0.3, 0.4) is 0 Å². The third-order valence-corrected chi connectivity index (χ3v) is 5.30. The number of anilines is 2. The van der Waals surface area contributed by atoms with Crippen LogP contribution in [0.4, 0.5) is 11.8 Å². The molecule has 11 nitrogen and oxygen atoms in total. The van der Waals surface area contributed by atoms with Crippen LogP contribution < -0.4 is 20.1 Å². The van der Waals surface area contributed by atoms with Gasteiger partial charge in [-0.3, -0.25) is 4.79 Å². The summed E-state index contributed by atoms with van der Waals surface area (Å²) in [5.41, 5.74) is 6.87. The van der Waals surface area contributed by atoms with Crippen LogP contribution in [0.5, 0.6) is 11.5 Å². The first kappa shape index (κ1) is 23.4. The highest BCUT2D eigenvalue weighted by atomic mass is 16.5. The number of fused-ring (bicyclic) bond motifs is 1. The Morgan fingerprint density at radius 3 is 2.37 bits per heavy atom. The van der Waals surface area contributed by atoms with Crippen molar-refractivity contribution in [3.63, 3.8) is 0 Å². The standard InChI is InChI=1S/C19H25N5O4.2H2O/c1-26-15-10-12-13(11-16(15)27-2)21-19(22-17(12)20)24-7-5-23(6-8-24)18(25)14-4-3-9-28-14;;/h10-11,14H,3-9H2,1-2H3,(H2,20,21,22);2*1H2. The molecule has 11 heteroatoms. The van der Waals surface area contributed by atoms with Gasteiger partial charge >= 0.3 is 0 Å². The molecular formula is C19H29N5O6. The van der Waals surface area contributed by atoms with Gasteiger partial charge in [-0.15, -0.1) is 0 Å². The van der Waals surface area contributed by atoms with Gasteiger partial charge in [0, 0.05) is 44.2 Å². The number of methoxy groups -OCH3 is 2. The first-order valence-electron chi connectivity index (χ1n) is 9.45. The van der Waals surface area contributed by atoms with Crippen LogP contribution in [0.15, 0.2) is 12.1 Å². The first-order valence-corrected chi connectivity index (χ1v) is 9.45. The summed E-state index contributed by atoms with van der Waals surface area (Å²) in [6.07, 6.45) is 1.49. The van der Waals surface area contributed by atoms with Crippen LogP contribution in [-0.4, -0.2) is 84.8 Å². The molecule has 1 atom stereocenters. The number of nitrogens with two attached hydrogens (primary N) is 1. The predicted octanol–water partition coefficient (Wildman–Crippen LogP) is -0.593.